The molecule has 3 rings (SSSR count). The number of nitrogens with one attached hydrogen (secondary N) is 2. The summed E-state index contributed by atoms with van der Waals surface area (Å²) in [4.78, 5) is 3.33. The lowest BCUT2D eigenvalue weighted by molar-refractivity contribution is 0.576. The zero-order valence-corrected chi connectivity index (χ0v) is 13.4. The van der Waals surface area contributed by atoms with Crippen molar-refractivity contribution in [3.8, 4) is 0 Å². The molecule has 0 aliphatic heterocycles. The summed E-state index contributed by atoms with van der Waals surface area (Å²) < 4.78 is 40.0. The molecule has 0 bridgehead atoms. The average molecular weight is 338 g/mol. The number of H-pyrrole nitrogens is 1. The van der Waals surface area contributed by atoms with E-state index in [1.54, 1.807) is 6.07 Å². The van der Waals surface area contributed by atoms with E-state index in [0.29, 0.717) is 5.92 Å². The molecule has 2 aromatic heterocycles. The van der Waals surface area contributed by atoms with Crippen molar-refractivity contribution >= 4 is 15.8 Å². The highest BCUT2D eigenvalue weighted by molar-refractivity contribution is 7.92. The van der Waals surface area contributed by atoms with E-state index in [0.717, 1.165) is 37.0 Å². The summed E-state index contributed by atoms with van der Waals surface area (Å²) in [5.41, 5.74) is 0.946. The van der Waals surface area contributed by atoms with Crippen LogP contribution in [-0.4, -0.2) is 23.6 Å². The Bertz CT molecular complexity index is 767. The first-order chi connectivity index (χ1) is 11.0. The molecule has 1 fully saturated rings. The van der Waals surface area contributed by atoms with Crippen molar-refractivity contribution in [1.29, 1.82) is 0 Å². The minimum absolute atomic E-state index is 0.216. The zero-order valence-electron chi connectivity index (χ0n) is 12.6. The predicted molar refractivity (Wildman–Crippen MR) is 84.0 cm³/mol. The largest absolute Gasteiger partial charge is 0.280 e. The molecule has 0 unspecified atom stereocenters. The third kappa shape index (κ3) is 3.87. The minimum atomic E-state index is -3.90. The van der Waals surface area contributed by atoms with Crippen molar-refractivity contribution < 1.29 is 12.8 Å². The van der Waals surface area contributed by atoms with Gasteiger partial charge in [-0.05, 0) is 18.9 Å². The Hall–Kier alpha value is -1.96. The lowest BCUT2D eigenvalue weighted by atomic mass is 9.97. The van der Waals surface area contributed by atoms with Crippen LogP contribution in [0.5, 0.6) is 0 Å². The molecule has 0 spiro atoms. The number of anilines is 1. The van der Waals surface area contributed by atoms with Gasteiger partial charge in [0.15, 0.2) is 5.82 Å². The molecule has 6 nitrogen and oxygen atoms in total. The monoisotopic (exact) mass is 338 g/mol. The van der Waals surface area contributed by atoms with Gasteiger partial charge < -0.3 is 0 Å². The number of nitrogens with zero attached hydrogens (tertiary/aromatic N) is 2. The molecule has 23 heavy (non-hydrogen) atoms. The molecule has 0 aromatic carbocycles. The molecule has 0 amide bonds. The molecule has 2 N–H and O–H groups in total. The quantitative estimate of drug-likeness (QED) is 0.838. The number of rotatable bonds is 4. The van der Waals surface area contributed by atoms with Gasteiger partial charge in [0, 0.05) is 23.9 Å². The van der Waals surface area contributed by atoms with Crippen LogP contribution in [0.2, 0.25) is 0 Å². The Morgan fingerprint density at radius 3 is 2.57 bits per heavy atom. The number of hydrogen-bond donors (Lipinski definition) is 2. The van der Waals surface area contributed by atoms with Crippen LogP contribution in [0.15, 0.2) is 29.4 Å². The highest BCUT2D eigenvalue weighted by atomic mass is 32.2. The van der Waals surface area contributed by atoms with Crippen molar-refractivity contribution in [1.82, 2.24) is 15.2 Å². The van der Waals surface area contributed by atoms with Crippen LogP contribution < -0.4 is 4.72 Å². The van der Waals surface area contributed by atoms with E-state index >= 15 is 0 Å². The highest BCUT2D eigenvalue weighted by Gasteiger charge is 2.20. The van der Waals surface area contributed by atoms with Gasteiger partial charge in [0.05, 0.1) is 6.20 Å². The molecule has 8 heteroatoms. The molecule has 0 saturated heterocycles. The fourth-order valence-electron chi connectivity index (χ4n) is 2.92. The molecule has 124 valence electrons. The normalized spacial score (nSPS) is 16.9. The van der Waals surface area contributed by atoms with Crippen LogP contribution in [-0.2, 0) is 10.0 Å². The molecule has 2 heterocycles. The van der Waals surface area contributed by atoms with Gasteiger partial charge in [0.2, 0.25) is 0 Å². The first-order valence-electron chi connectivity index (χ1n) is 7.73. The molecule has 1 saturated carbocycles. The topological polar surface area (TPSA) is 87.7 Å². The van der Waals surface area contributed by atoms with Crippen LogP contribution in [0.25, 0.3) is 0 Å². The fourth-order valence-corrected chi connectivity index (χ4v) is 3.89. The SMILES string of the molecule is O=S(=O)(Nc1cc(C2CCCCCC2)[nH]n1)c1cncc(F)c1. The van der Waals surface area contributed by atoms with E-state index in [4.69, 9.17) is 0 Å². The summed E-state index contributed by atoms with van der Waals surface area (Å²) in [6, 6.07) is 2.65. The number of halogens is 1. The lowest BCUT2D eigenvalue weighted by Crippen LogP contribution is -2.13. The second-order valence-electron chi connectivity index (χ2n) is 5.84. The van der Waals surface area contributed by atoms with Gasteiger partial charge >= 0.3 is 0 Å². The Morgan fingerprint density at radius 2 is 1.87 bits per heavy atom. The maximum absolute atomic E-state index is 13.1. The second-order valence-corrected chi connectivity index (χ2v) is 7.52. The van der Waals surface area contributed by atoms with E-state index < -0.39 is 15.8 Å². The van der Waals surface area contributed by atoms with Crippen LogP contribution >= 0.6 is 0 Å². The number of aromatic nitrogens is 3. The average Bonchev–Trinajstić information content (AvgIpc) is 2.80. The molecular formula is C15H19FN4O2S. The Morgan fingerprint density at radius 1 is 1.13 bits per heavy atom. The molecule has 2 aromatic rings. The van der Waals surface area contributed by atoms with Crippen molar-refractivity contribution in [2.24, 2.45) is 0 Å². The van der Waals surface area contributed by atoms with Crippen molar-refractivity contribution in [2.75, 3.05) is 4.72 Å². The number of hydrogen-bond acceptors (Lipinski definition) is 4. The van der Waals surface area contributed by atoms with Gasteiger partial charge in [-0.2, -0.15) is 5.10 Å². The first-order valence-corrected chi connectivity index (χ1v) is 9.21. The smallest absolute Gasteiger partial charge is 0.264 e. The molecule has 1 aliphatic rings. The minimum Gasteiger partial charge on any atom is -0.280 e. The molecule has 0 radical (unpaired) electrons. The summed E-state index contributed by atoms with van der Waals surface area (Å²) in [6.07, 6.45) is 9.08. The molecule has 0 atom stereocenters. The van der Waals surface area contributed by atoms with Crippen LogP contribution in [0.4, 0.5) is 10.2 Å². The Kier molecular flexibility index (Phi) is 4.61. The predicted octanol–water partition coefficient (Wildman–Crippen LogP) is 3.18. The van der Waals surface area contributed by atoms with Gasteiger partial charge in [-0.15, -0.1) is 0 Å². The van der Waals surface area contributed by atoms with E-state index in [-0.39, 0.29) is 10.7 Å². The van der Waals surface area contributed by atoms with Crippen molar-refractivity contribution in [3.63, 3.8) is 0 Å². The number of sulfonamides is 1. The van der Waals surface area contributed by atoms with Gasteiger partial charge in [-0.1, -0.05) is 25.7 Å². The van der Waals surface area contributed by atoms with Gasteiger partial charge in [0.1, 0.15) is 10.7 Å². The van der Waals surface area contributed by atoms with Crippen LogP contribution in [0, 0.1) is 5.82 Å². The third-order valence-electron chi connectivity index (χ3n) is 4.12. The Balaban J connectivity index is 1.75. The van der Waals surface area contributed by atoms with Crippen LogP contribution in [0.1, 0.15) is 50.1 Å². The van der Waals surface area contributed by atoms with E-state index in [2.05, 4.69) is 19.9 Å². The lowest BCUT2D eigenvalue weighted by Gasteiger charge is -2.10. The van der Waals surface area contributed by atoms with Crippen molar-refractivity contribution in [2.45, 2.75) is 49.3 Å². The third-order valence-corrected chi connectivity index (χ3v) is 5.44. The van der Waals surface area contributed by atoms with Crippen molar-refractivity contribution in [3.05, 3.63) is 36.0 Å². The van der Waals surface area contributed by atoms with Gasteiger partial charge in [0.25, 0.3) is 10.0 Å². The first kappa shape index (κ1) is 15.9. The van der Waals surface area contributed by atoms with Crippen LogP contribution in [0.3, 0.4) is 0 Å². The zero-order chi connectivity index (χ0) is 16.3. The Labute approximate surface area is 134 Å². The second kappa shape index (κ2) is 6.66. The summed E-state index contributed by atoms with van der Waals surface area (Å²) >= 11 is 0. The number of pyridine rings is 1. The standard InChI is InChI=1S/C15H19FN4O2S/c16-12-7-13(10-17-9-12)23(21,22)20-15-8-14(18-19-15)11-5-3-1-2-4-6-11/h7-11H,1-6H2,(H2,18,19,20). The fraction of sp³-hybridized carbons (Fsp3) is 0.467. The maximum atomic E-state index is 13.1. The molecular weight excluding hydrogens is 319 g/mol. The summed E-state index contributed by atoms with van der Waals surface area (Å²) in [7, 11) is -3.90. The summed E-state index contributed by atoms with van der Waals surface area (Å²) in [5.74, 6) is -0.0957. The van der Waals surface area contributed by atoms with E-state index in [9.17, 15) is 12.8 Å². The van der Waals surface area contributed by atoms with E-state index in [1.807, 2.05) is 0 Å². The highest BCUT2D eigenvalue weighted by Crippen LogP contribution is 2.31. The van der Waals surface area contributed by atoms with Gasteiger partial charge in [-0.3, -0.25) is 14.8 Å². The van der Waals surface area contributed by atoms with Gasteiger partial charge in [-0.25, -0.2) is 12.8 Å². The number of aromatic amines is 1. The summed E-state index contributed by atoms with van der Waals surface area (Å²) in [6.45, 7) is 0. The maximum Gasteiger partial charge on any atom is 0.264 e. The molecule has 1 aliphatic carbocycles. The summed E-state index contributed by atoms with van der Waals surface area (Å²) in [5, 5.41) is 6.95. The van der Waals surface area contributed by atoms with E-state index in [1.165, 1.54) is 25.7 Å².